The first-order chi connectivity index (χ1) is 13.5. The van der Waals surface area contributed by atoms with Crippen LogP contribution in [0.5, 0.6) is 5.75 Å². The van der Waals surface area contributed by atoms with E-state index in [4.69, 9.17) is 4.74 Å². The summed E-state index contributed by atoms with van der Waals surface area (Å²) in [6, 6.07) is 6.61. The molecule has 2 aliphatic carbocycles. The molecule has 2 aromatic rings. The highest BCUT2D eigenvalue weighted by atomic mass is 32.2. The van der Waals surface area contributed by atoms with Crippen LogP contribution in [0, 0.1) is 23.6 Å². The third-order valence-corrected chi connectivity index (χ3v) is 7.24. The minimum Gasteiger partial charge on any atom is -0.483 e. The molecule has 0 saturated heterocycles. The number of Topliss-reactive ketones (excluding diaryl/α,β-unsaturated/α-hetero) is 1. The van der Waals surface area contributed by atoms with Crippen molar-refractivity contribution in [3.8, 4) is 5.75 Å². The van der Waals surface area contributed by atoms with Gasteiger partial charge in [0.2, 0.25) is 0 Å². The van der Waals surface area contributed by atoms with Crippen LogP contribution >= 0.6 is 11.8 Å². The number of fused-ring (bicyclic) bond motifs is 2. The standard InChI is InChI=1S/C21H26FN3O2S/c1-13(26)12-28-21-24-23-20(11-27-19-6-4-3-5-18(19)22)25(21)14(2)17-10-15-7-8-16(17)9-15/h3-6,14-17H,7-12H2,1-2H3. The maximum Gasteiger partial charge on any atom is 0.192 e. The number of thioether (sulfide) groups is 1. The number of ketones is 1. The number of benzene rings is 1. The molecule has 150 valence electrons. The normalized spacial score (nSPS) is 24.5. The van der Waals surface area contributed by atoms with Gasteiger partial charge in [0.05, 0.1) is 5.75 Å². The average molecular weight is 404 g/mol. The van der Waals surface area contributed by atoms with Crippen LogP contribution in [0.15, 0.2) is 29.4 Å². The van der Waals surface area contributed by atoms with Gasteiger partial charge in [0.1, 0.15) is 12.4 Å². The van der Waals surface area contributed by atoms with Crippen LogP contribution in [0.3, 0.4) is 0 Å². The molecule has 1 aromatic heterocycles. The van der Waals surface area contributed by atoms with E-state index in [0.29, 0.717) is 17.5 Å². The van der Waals surface area contributed by atoms with Crippen molar-refractivity contribution in [1.29, 1.82) is 0 Å². The van der Waals surface area contributed by atoms with E-state index in [1.165, 1.54) is 43.5 Å². The van der Waals surface area contributed by atoms with E-state index in [1.54, 1.807) is 25.1 Å². The number of carbonyl (C=O) groups is 1. The lowest BCUT2D eigenvalue weighted by molar-refractivity contribution is -0.114. The number of hydrogen-bond acceptors (Lipinski definition) is 5. The van der Waals surface area contributed by atoms with Gasteiger partial charge in [-0.3, -0.25) is 9.36 Å². The molecule has 0 aliphatic heterocycles. The number of hydrogen-bond donors (Lipinski definition) is 0. The van der Waals surface area contributed by atoms with Crippen LogP contribution < -0.4 is 4.74 Å². The molecule has 4 rings (SSSR count). The summed E-state index contributed by atoms with van der Waals surface area (Å²) < 4.78 is 21.7. The number of para-hydroxylation sites is 1. The summed E-state index contributed by atoms with van der Waals surface area (Å²) in [5.74, 6) is 3.19. The number of rotatable bonds is 8. The lowest BCUT2D eigenvalue weighted by Gasteiger charge is -2.30. The van der Waals surface area contributed by atoms with E-state index in [1.807, 2.05) is 0 Å². The number of carbonyl (C=O) groups excluding carboxylic acids is 1. The number of ether oxygens (including phenoxy) is 1. The molecule has 1 heterocycles. The molecule has 2 aliphatic rings. The summed E-state index contributed by atoms with van der Waals surface area (Å²) >= 11 is 1.42. The van der Waals surface area contributed by atoms with E-state index in [-0.39, 0.29) is 30.0 Å². The maximum absolute atomic E-state index is 13.9. The van der Waals surface area contributed by atoms with Gasteiger partial charge in [-0.05, 0) is 63.0 Å². The largest absolute Gasteiger partial charge is 0.483 e. The first-order valence-corrected chi connectivity index (χ1v) is 10.9. The molecule has 0 N–H and O–H groups in total. The van der Waals surface area contributed by atoms with Crippen molar-refractivity contribution in [2.75, 3.05) is 5.75 Å². The average Bonchev–Trinajstić information content (AvgIpc) is 3.40. The molecule has 0 amide bonds. The monoisotopic (exact) mass is 403 g/mol. The van der Waals surface area contributed by atoms with Crippen molar-refractivity contribution in [2.45, 2.75) is 57.3 Å². The molecule has 2 saturated carbocycles. The molecule has 2 bridgehead atoms. The zero-order valence-electron chi connectivity index (χ0n) is 16.3. The van der Waals surface area contributed by atoms with Crippen molar-refractivity contribution in [2.24, 2.45) is 17.8 Å². The predicted molar refractivity (Wildman–Crippen MR) is 106 cm³/mol. The van der Waals surface area contributed by atoms with Crippen molar-refractivity contribution in [3.63, 3.8) is 0 Å². The van der Waals surface area contributed by atoms with Gasteiger partial charge in [0, 0.05) is 6.04 Å². The van der Waals surface area contributed by atoms with Crippen molar-refractivity contribution < 1.29 is 13.9 Å². The van der Waals surface area contributed by atoms with Crippen LogP contribution in [0.4, 0.5) is 4.39 Å². The van der Waals surface area contributed by atoms with Crippen LogP contribution in [-0.4, -0.2) is 26.3 Å². The first kappa shape index (κ1) is 19.4. The number of halogens is 1. The van der Waals surface area contributed by atoms with Crippen molar-refractivity contribution in [3.05, 3.63) is 35.9 Å². The van der Waals surface area contributed by atoms with Gasteiger partial charge in [0.15, 0.2) is 22.5 Å². The van der Waals surface area contributed by atoms with Gasteiger partial charge in [-0.2, -0.15) is 0 Å². The van der Waals surface area contributed by atoms with Gasteiger partial charge < -0.3 is 4.74 Å². The Kier molecular flexibility index (Phi) is 5.71. The maximum atomic E-state index is 13.9. The molecule has 28 heavy (non-hydrogen) atoms. The van der Waals surface area contributed by atoms with Crippen LogP contribution in [0.1, 0.15) is 51.4 Å². The van der Waals surface area contributed by atoms with E-state index in [9.17, 15) is 9.18 Å². The summed E-state index contributed by atoms with van der Waals surface area (Å²) in [4.78, 5) is 11.5. The van der Waals surface area contributed by atoms with E-state index in [0.717, 1.165) is 17.0 Å². The van der Waals surface area contributed by atoms with Crippen molar-refractivity contribution in [1.82, 2.24) is 14.8 Å². The fraction of sp³-hybridized carbons (Fsp3) is 0.571. The van der Waals surface area contributed by atoms with E-state index in [2.05, 4.69) is 21.7 Å². The highest BCUT2D eigenvalue weighted by molar-refractivity contribution is 7.99. The third kappa shape index (κ3) is 3.95. The van der Waals surface area contributed by atoms with E-state index >= 15 is 0 Å². The Morgan fingerprint density at radius 2 is 2.14 bits per heavy atom. The molecule has 0 spiro atoms. The molecule has 2 fully saturated rings. The Morgan fingerprint density at radius 1 is 1.32 bits per heavy atom. The summed E-state index contributed by atoms with van der Waals surface area (Å²) in [6.07, 6.45) is 5.23. The molecule has 4 unspecified atom stereocenters. The summed E-state index contributed by atoms with van der Waals surface area (Å²) in [5.41, 5.74) is 0. The minimum atomic E-state index is -0.388. The summed E-state index contributed by atoms with van der Waals surface area (Å²) in [5, 5.41) is 9.40. The first-order valence-electron chi connectivity index (χ1n) is 9.96. The molecule has 1 aromatic carbocycles. The smallest absolute Gasteiger partial charge is 0.192 e. The predicted octanol–water partition coefficient (Wildman–Crippen LogP) is 4.67. The summed E-state index contributed by atoms with van der Waals surface area (Å²) in [6.45, 7) is 3.95. The Labute approximate surface area is 169 Å². The van der Waals surface area contributed by atoms with Crippen LogP contribution in [0.25, 0.3) is 0 Å². The Bertz CT molecular complexity index is 856. The van der Waals surface area contributed by atoms with Gasteiger partial charge in [0.25, 0.3) is 0 Å². The molecular weight excluding hydrogens is 377 g/mol. The number of aromatic nitrogens is 3. The SMILES string of the molecule is CC(=O)CSc1nnc(COc2ccccc2F)n1C(C)C1CC2CCC1C2. The topological polar surface area (TPSA) is 57.0 Å². The molecule has 4 atom stereocenters. The van der Waals surface area contributed by atoms with Crippen LogP contribution in [-0.2, 0) is 11.4 Å². The highest BCUT2D eigenvalue weighted by Crippen LogP contribution is 2.52. The van der Waals surface area contributed by atoms with Crippen LogP contribution in [0.2, 0.25) is 0 Å². The highest BCUT2D eigenvalue weighted by Gasteiger charge is 2.43. The molecule has 7 heteroatoms. The second kappa shape index (κ2) is 8.23. The Balaban J connectivity index is 1.56. The fourth-order valence-electron chi connectivity index (χ4n) is 4.86. The molecule has 0 radical (unpaired) electrons. The Morgan fingerprint density at radius 3 is 2.82 bits per heavy atom. The third-order valence-electron chi connectivity index (χ3n) is 6.15. The summed E-state index contributed by atoms with van der Waals surface area (Å²) in [7, 11) is 0. The zero-order valence-corrected chi connectivity index (χ0v) is 17.1. The Hall–Kier alpha value is -1.89. The fourth-order valence-corrected chi connectivity index (χ4v) is 5.70. The van der Waals surface area contributed by atoms with Gasteiger partial charge >= 0.3 is 0 Å². The zero-order chi connectivity index (χ0) is 19.7. The number of nitrogens with zero attached hydrogens (tertiary/aromatic N) is 3. The van der Waals surface area contributed by atoms with Crippen molar-refractivity contribution >= 4 is 17.5 Å². The van der Waals surface area contributed by atoms with Gasteiger partial charge in [-0.25, -0.2) is 4.39 Å². The quantitative estimate of drug-likeness (QED) is 0.599. The lowest BCUT2D eigenvalue weighted by Crippen LogP contribution is -2.24. The second-order valence-electron chi connectivity index (χ2n) is 8.06. The molecule has 5 nitrogen and oxygen atoms in total. The van der Waals surface area contributed by atoms with Gasteiger partial charge in [-0.15, -0.1) is 10.2 Å². The molecular formula is C21H26FN3O2S. The minimum absolute atomic E-state index is 0.108. The lowest BCUT2D eigenvalue weighted by atomic mass is 9.84. The van der Waals surface area contributed by atoms with E-state index < -0.39 is 0 Å². The second-order valence-corrected chi connectivity index (χ2v) is 9.00. The van der Waals surface area contributed by atoms with Gasteiger partial charge in [-0.1, -0.05) is 30.3 Å².